The third kappa shape index (κ3) is 1.67. The summed E-state index contributed by atoms with van der Waals surface area (Å²) in [5, 5.41) is 0. The molecule has 1 saturated heterocycles. The summed E-state index contributed by atoms with van der Waals surface area (Å²) in [6.45, 7) is 3.51. The van der Waals surface area contributed by atoms with Crippen LogP contribution >= 0.6 is 0 Å². The molecule has 1 amide bonds. The first-order valence-corrected chi connectivity index (χ1v) is 7.37. The van der Waals surface area contributed by atoms with Gasteiger partial charge in [-0.25, -0.2) is 0 Å². The Bertz CT molecular complexity index is 661. The van der Waals surface area contributed by atoms with Crippen LogP contribution in [-0.2, 0) is 19.1 Å². The number of hydrogen-bond donors (Lipinski definition) is 0. The molecule has 2 bridgehead atoms. The highest BCUT2D eigenvalue weighted by Crippen LogP contribution is 2.40. The van der Waals surface area contributed by atoms with Crippen LogP contribution in [0.25, 0.3) is 0 Å². The Balaban J connectivity index is 2.18. The topological polar surface area (TPSA) is 66.9 Å². The predicted octanol–water partition coefficient (Wildman–Crippen LogP) is 0.288. The first-order chi connectivity index (χ1) is 10.3. The maximum Gasteiger partial charge on any atom is 0.240 e. The van der Waals surface area contributed by atoms with Crippen LogP contribution in [0.2, 0.25) is 0 Å². The molecule has 2 heterocycles. The van der Waals surface area contributed by atoms with Crippen LogP contribution in [0.15, 0.2) is 22.5 Å². The highest BCUT2D eigenvalue weighted by molar-refractivity contribution is 6.25. The number of Topliss-reactive ketones (excluding diaryl/α,β-unsaturated/α-hetero) is 2. The number of allylic oxidation sites excluding steroid dienone is 2. The van der Waals surface area contributed by atoms with Crippen molar-refractivity contribution in [1.29, 1.82) is 0 Å². The molecule has 0 radical (unpaired) electrons. The molecule has 0 unspecified atom stereocenters. The lowest BCUT2D eigenvalue weighted by atomic mass is 9.74. The quantitative estimate of drug-likeness (QED) is 0.651. The molecule has 0 saturated carbocycles. The van der Waals surface area contributed by atoms with Crippen molar-refractivity contribution in [2.75, 3.05) is 21.2 Å². The van der Waals surface area contributed by atoms with Crippen LogP contribution in [0.1, 0.15) is 20.3 Å². The average molecular weight is 304 g/mol. The first kappa shape index (κ1) is 15.0. The van der Waals surface area contributed by atoms with E-state index in [1.54, 1.807) is 18.9 Å². The van der Waals surface area contributed by atoms with Crippen LogP contribution in [0.3, 0.4) is 0 Å². The maximum absolute atomic E-state index is 12.8. The number of piperazine rings is 1. The highest BCUT2D eigenvalue weighted by Gasteiger charge is 2.52. The predicted molar refractivity (Wildman–Crippen MR) is 78.9 cm³/mol. The van der Waals surface area contributed by atoms with Crippen molar-refractivity contribution in [1.82, 2.24) is 9.80 Å². The minimum absolute atomic E-state index is 0.00257. The SMILES string of the molecule is COC1=C(C)C(=O)C2=C(C1=O)[C@@H]1[C@H](C)N(C)C(=O)[C@H](C2)N1C. The number of amides is 1. The fraction of sp³-hybridized carbons (Fsp3) is 0.562. The molecule has 0 aromatic heterocycles. The van der Waals surface area contributed by atoms with Crippen molar-refractivity contribution in [2.24, 2.45) is 0 Å². The van der Waals surface area contributed by atoms with Gasteiger partial charge >= 0.3 is 0 Å². The Hall–Kier alpha value is -1.95. The Kier molecular flexibility index (Phi) is 3.25. The lowest BCUT2D eigenvalue weighted by Gasteiger charge is -2.51. The van der Waals surface area contributed by atoms with Gasteiger partial charge in [0.05, 0.1) is 19.2 Å². The zero-order chi connectivity index (χ0) is 16.3. The van der Waals surface area contributed by atoms with E-state index in [4.69, 9.17) is 4.74 Å². The van der Waals surface area contributed by atoms with Crippen molar-refractivity contribution in [3.05, 3.63) is 22.5 Å². The molecular formula is C16H20N2O4. The molecule has 1 aliphatic carbocycles. The number of fused-ring (bicyclic) bond motifs is 3. The number of likely N-dealkylation sites (N-methyl/N-ethyl adjacent to an activating group) is 2. The van der Waals surface area contributed by atoms with E-state index in [0.29, 0.717) is 16.7 Å². The fourth-order valence-electron chi connectivity index (χ4n) is 3.87. The molecule has 22 heavy (non-hydrogen) atoms. The summed E-state index contributed by atoms with van der Waals surface area (Å²) < 4.78 is 5.17. The summed E-state index contributed by atoms with van der Waals surface area (Å²) in [6, 6.07) is -0.822. The van der Waals surface area contributed by atoms with Gasteiger partial charge in [0.1, 0.15) is 0 Å². The van der Waals surface area contributed by atoms with E-state index in [1.165, 1.54) is 7.11 Å². The molecule has 6 nitrogen and oxygen atoms in total. The second-order valence-corrected chi connectivity index (χ2v) is 6.23. The van der Waals surface area contributed by atoms with Gasteiger partial charge in [-0.05, 0) is 20.9 Å². The smallest absolute Gasteiger partial charge is 0.240 e. The number of carbonyl (C=O) groups is 3. The Morgan fingerprint density at radius 2 is 1.77 bits per heavy atom. The molecule has 1 fully saturated rings. The van der Waals surface area contributed by atoms with Crippen LogP contribution in [0, 0.1) is 0 Å². The first-order valence-electron chi connectivity index (χ1n) is 7.37. The molecule has 3 aliphatic rings. The summed E-state index contributed by atoms with van der Waals surface area (Å²) in [4.78, 5) is 41.5. The monoisotopic (exact) mass is 304 g/mol. The van der Waals surface area contributed by atoms with Gasteiger partial charge in [0.15, 0.2) is 11.5 Å². The van der Waals surface area contributed by atoms with Gasteiger partial charge in [0, 0.05) is 36.2 Å². The Labute approximate surface area is 129 Å². The van der Waals surface area contributed by atoms with Crippen LogP contribution in [0.4, 0.5) is 0 Å². The van der Waals surface area contributed by atoms with Crippen molar-refractivity contribution in [3.63, 3.8) is 0 Å². The van der Waals surface area contributed by atoms with Gasteiger partial charge in [-0.3, -0.25) is 19.3 Å². The summed E-state index contributed by atoms with van der Waals surface area (Å²) in [5.41, 5.74) is 1.32. The van der Waals surface area contributed by atoms with E-state index < -0.39 is 0 Å². The lowest BCUT2D eigenvalue weighted by molar-refractivity contribution is -0.147. The minimum Gasteiger partial charge on any atom is -0.492 e. The number of ether oxygens (including phenoxy) is 1. The van der Waals surface area contributed by atoms with Crippen LogP contribution in [-0.4, -0.2) is 66.6 Å². The fourth-order valence-corrected chi connectivity index (χ4v) is 3.87. The van der Waals surface area contributed by atoms with Gasteiger partial charge in [-0.2, -0.15) is 0 Å². The molecular weight excluding hydrogens is 284 g/mol. The van der Waals surface area contributed by atoms with Crippen LogP contribution in [0.5, 0.6) is 0 Å². The maximum atomic E-state index is 12.8. The summed E-state index contributed by atoms with van der Waals surface area (Å²) in [7, 11) is 5.00. The number of nitrogens with zero attached hydrogens (tertiary/aromatic N) is 2. The third-order valence-corrected chi connectivity index (χ3v) is 5.26. The van der Waals surface area contributed by atoms with Crippen LogP contribution < -0.4 is 0 Å². The minimum atomic E-state index is -0.376. The molecule has 2 aliphatic heterocycles. The van der Waals surface area contributed by atoms with Crippen molar-refractivity contribution < 1.29 is 19.1 Å². The molecule has 0 spiro atoms. The van der Waals surface area contributed by atoms with Gasteiger partial charge in [-0.1, -0.05) is 0 Å². The second-order valence-electron chi connectivity index (χ2n) is 6.23. The van der Waals surface area contributed by atoms with E-state index >= 15 is 0 Å². The molecule has 6 heteroatoms. The molecule has 0 N–H and O–H groups in total. The normalized spacial score (nSPS) is 32.7. The number of methoxy groups -OCH3 is 1. The van der Waals surface area contributed by atoms with E-state index in [0.717, 1.165) is 0 Å². The Morgan fingerprint density at radius 1 is 1.14 bits per heavy atom. The van der Waals surface area contributed by atoms with Gasteiger partial charge in [0.2, 0.25) is 11.7 Å². The zero-order valence-electron chi connectivity index (χ0n) is 13.5. The lowest BCUT2D eigenvalue weighted by Crippen LogP contribution is -2.67. The largest absolute Gasteiger partial charge is 0.492 e. The van der Waals surface area contributed by atoms with Gasteiger partial charge in [0.25, 0.3) is 0 Å². The summed E-state index contributed by atoms with van der Waals surface area (Å²) in [6.07, 6.45) is 0.289. The van der Waals surface area contributed by atoms with E-state index in [1.807, 2.05) is 18.9 Å². The number of carbonyl (C=O) groups excluding carboxylic acids is 3. The van der Waals surface area contributed by atoms with Crippen molar-refractivity contribution in [3.8, 4) is 0 Å². The van der Waals surface area contributed by atoms with Gasteiger partial charge < -0.3 is 9.64 Å². The summed E-state index contributed by atoms with van der Waals surface area (Å²) in [5.74, 6) is -0.266. The summed E-state index contributed by atoms with van der Waals surface area (Å²) >= 11 is 0. The standard InChI is InChI=1S/C16H20N2O4/c1-7-13(19)9-6-10-16(21)17(3)8(2)12(18(10)4)11(9)14(20)15(7)22-5/h8,10,12H,6H2,1-5H3/t8-,10-,12-/m0/s1. The van der Waals surface area contributed by atoms with Crippen molar-refractivity contribution in [2.45, 2.75) is 38.4 Å². The Morgan fingerprint density at radius 3 is 2.36 bits per heavy atom. The molecule has 3 rings (SSSR count). The highest BCUT2D eigenvalue weighted by atomic mass is 16.5. The number of hydrogen-bond acceptors (Lipinski definition) is 5. The number of rotatable bonds is 1. The van der Waals surface area contributed by atoms with E-state index in [9.17, 15) is 14.4 Å². The third-order valence-electron chi connectivity index (χ3n) is 5.26. The molecule has 3 atom stereocenters. The molecule has 118 valence electrons. The number of ketones is 2. The van der Waals surface area contributed by atoms with Crippen molar-refractivity contribution >= 4 is 17.5 Å². The molecule has 0 aromatic rings. The zero-order valence-corrected chi connectivity index (χ0v) is 13.5. The van der Waals surface area contributed by atoms with Gasteiger partial charge in [-0.15, -0.1) is 0 Å². The second kappa shape index (κ2) is 4.78. The van der Waals surface area contributed by atoms with E-state index in [-0.39, 0.29) is 47.8 Å². The van der Waals surface area contributed by atoms with E-state index in [2.05, 4.69) is 0 Å². The average Bonchev–Trinajstić information content (AvgIpc) is 2.49. The molecule has 0 aromatic carbocycles.